The van der Waals surface area contributed by atoms with E-state index < -0.39 is 11.6 Å². The predicted octanol–water partition coefficient (Wildman–Crippen LogP) is 4.78. The van der Waals surface area contributed by atoms with Gasteiger partial charge in [0.2, 0.25) is 0 Å². The van der Waals surface area contributed by atoms with Crippen molar-refractivity contribution in [2.75, 3.05) is 0 Å². The maximum absolute atomic E-state index is 13.8. The number of aryl methyl sites for hydroxylation is 1. The van der Waals surface area contributed by atoms with Crippen LogP contribution < -0.4 is 0 Å². The lowest BCUT2D eigenvalue weighted by molar-refractivity contribution is 0.510. The molecule has 0 saturated heterocycles. The van der Waals surface area contributed by atoms with Crippen LogP contribution in [0.5, 0.6) is 0 Å². The fourth-order valence-corrected chi connectivity index (χ4v) is 3.31. The highest BCUT2D eigenvalue weighted by atomic mass is 19.2. The number of fused-ring (bicyclic) bond motifs is 8. The molecular formula is C19H11F2N3. The molecule has 24 heavy (non-hydrogen) atoms. The first kappa shape index (κ1) is 13.4. The zero-order valence-electron chi connectivity index (χ0n) is 12.7. The molecule has 116 valence electrons. The molecule has 0 radical (unpaired) electrons. The number of halogens is 2. The van der Waals surface area contributed by atoms with Crippen molar-refractivity contribution in [3.05, 3.63) is 65.9 Å². The van der Waals surface area contributed by atoms with E-state index in [0.717, 1.165) is 33.6 Å². The van der Waals surface area contributed by atoms with Crippen molar-refractivity contribution in [3.8, 4) is 0 Å². The lowest BCUT2D eigenvalue weighted by Gasteiger charge is -2.08. The quantitative estimate of drug-likeness (QED) is 0.385. The third kappa shape index (κ3) is 1.64. The van der Waals surface area contributed by atoms with Crippen molar-refractivity contribution >= 4 is 38.5 Å². The number of para-hydroxylation sites is 1. The Labute approximate surface area is 135 Å². The van der Waals surface area contributed by atoms with Gasteiger partial charge in [-0.2, -0.15) is 0 Å². The summed E-state index contributed by atoms with van der Waals surface area (Å²) in [5.74, 6) is -1.77. The Bertz CT molecular complexity index is 1290. The molecule has 5 aromatic rings. The predicted molar refractivity (Wildman–Crippen MR) is 90.2 cm³/mol. The molecular weight excluding hydrogens is 308 g/mol. The zero-order valence-corrected chi connectivity index (χ0v) is 12.7. The first-order valence-corrected chi connectivity index (χ1v) is 7.59. The van der Waals surface area contributed by atoms with Crippen LogP contribution in [-0.4, -0.2) is 14.4 Å². The highest BCUT2D eigenvalue weighted by Gasteiger charge is 2.16. The third-order valence-corrected chi connectivity index (χ3v) is 4.37. The van der Waals surface area contributed by atoms with E-state index in [1.807, 2.05) is 47.7 Å². The highest BCUT2D eigenvalue weighted by molar-refractivity contribution is 6.11. The van der Waals surface area contributed by atoms with Gasteiger partial charge in [0.25, 0.3) is 0 Å². The van der Waals surface area contributed by atoms with Crippen molar-refractivity contribution in [2.24, 2.45) is 0 Å². The van der Waals surface area contributed by atoms with Crippen LogP contribution in [0, 0.1) is 18.6 Å². The van der Waals surface area contributed by atoms with Gasteiger partial charge in [-0.1, -0.05) is 18.2 Å². The molecule has 0 aliphatic carbocycles. The molecule has 3 nitrogen and oxygen atoms in total. The van der Waals surface area contributed by atoms with Gasteiger partial charge in [0.15, 0.2) is 11.6 Å². The van der Waals surface area contributed by atoms with Gasteiger partial charge in [-0.15, -0.1) is 0 Å². The molecule has 0 atom stereocenters. The van der Waals surface area contributed by atoms with E-state index in [1.54, 1.807) is 0 Å². The van der Waals surface area contributed by atoms with Crippen LogP contribution in [0.1, 0.15) is 5.69 Å². The Morgan fingerprint density at radius 2 is 1.62 bits per heavy atom. The van der Waals surface area contributed by atoms with Crippen molar-refractivity contribution in [1.82, 2.24) is 14.4 Å². The van der Waals surface area contributed by atoms with Gasteiger partial charge in [0, 0.05) is 28.6 Å². The summed E-state index contributed by atoms with van der Waals surface area (Å²) in [6.45, 7) is 1.94. The summed E-state index contributed by atoms with van der Waals surface area (Å²) in [5.41, 5.74) is 4.23. The minimum Gasteiger partial charge on any atom is -0.291 e. The first-order chi connectivity index (χ1) is 11.6. The summed E-state index contributed by atoms with van der Waals surface area (Å²) >= 11 is 0. The number of rotatable bonds is 0. The second-order valence-corrected chi connectivity index (χ2v) is 5.89. The maximum atomic E-state index is 13.8. The van der Waals surface area contributed by atoms with E-state index in [1.165, 1.54) is 6.07 Å². The van der Waals surface area contributed by atoms with Gasteiger partial charge in [0.1, 0.15) is 5.65 Å². The molecule has 0 bridgehead atoms. The summed E-state index contributed by atoms with van der Waals surface area (Å²) in [5, 5.41) is 1.81. The fraction of sp³-hybridized carbons (Fsp3) is 0.0526. The summed E-state index contributed by atoms with van der Waals surface area (Å²) < 4.78 is 29.3. The van der Waals surface area contributed by atoms with E-state index in [0.29, 0.717) is 16.7 Å². The Balaban J connectivity index is 2.17. The van der Waals surface area contributed by atoms with Crippen LogP contribution in [-0.2, 0) is 0 Å². The maximum Gasteiger partial charge on any atom is 0.161 e. The Morgan fingerprint density at radius 3 is 2.50 bits per heavy atom. The van der Waals surface area contributed by atoms with E-state index >= 15 is 0 Å². The van der Waals surface area contributed by atoms with Crippen LogP contribution in [0.2, 0.25) is 0 Å². The van der Waals surface area contributed by atoms with Gasteiger partial charge >= 0.3 is 0 Å². The summed E-state index contributed by atoms with van der Waals surface area (Å²) in [6, 6.07) is 14.0. The monoisotopic (exact) mass is 319 g/mol. The summed E-state index contributed by atoms with van der Waals surface area (Å²) in [7, 11) is 0. The van der Waals surface area contributed by atoms with Crippen molar-refractivity contribution in [2.45, 2.75) is 6.92 Å². The fourth-order valence-electron chi connectivity index (χ4n) is 3.31. The van der Waals surface area contributed by atoms with Gasteiger partial charge in [-0.05, 0) is 25.1 Å². The van der Waals surface area contributed by atoms with E-state index in [-0.39, 0.29) is 0 Å². The summed E-state index contributed by atoms with van der Waals surface area (Å²) in [4.78, 5) is 9.20. The minimum absolute atomic E-state index is 0.423. The smallest absolute Gasteiger partial charge is 0.161 e. The molecule has 0 unspecified atom stereocenters. The first-order valence-electron chi connectivity index (χ1n) is 7.59. The van der Waals surface area contributed by atoms with Crippen molar-refractivity contribution in [3.63, 3.8) is 0 Å². The number of aromatic nitrogens is 3. The standard InChI is InChI=1S/C19H11F2N3/c1-10-6-7-12-18(22-10)11-4-2-3-5-16(11)24-17-9-14(21)13(20)8-15(17)23-19(12)24/h2-9H,1H3. The van der Waals surface area contributed by atoms with Gasteiger partial charge in [0.05, 0.1) is 22.1 Å². The van der Waals surface area contributed by atoms with Crippen LogP contribution in [0.4, 0.5) is 8.78 Å². The van der Waals surface area contributed by atoms with Crippen LogP contribution in [0.3, 0.4) is 0 Å². The highest BCUT2D eigenvalue weighted by Crippen LogP contribution is 2.31. The SMILES string of the molecule is Cc1ccc2c(n1)c1ccccc1n1c3cc(F)c(F)cc3nc21. The number of imidazole rings is 1. The van der Waals surface area contributed by atoms with E-state index in [4.69, 9.17) is 0 Å². The molecule has 0 saturated carbocycles. The largest absolute Gasteiger partial charge is 0.291 e. The van der Waals surface area contributed by atoms with Crippen molar-refractivity contribution < 1.29 is 8.78 Å². The molecule has 2 aromatic carbocycles. The number of hydrogen-bond acceptors (Lipinski definition) is 2. The second-order valence-electron chi connectivity index (χ2n) is 5.89. The number of benzene rings is 2. The molecule has 0 aliphatic rings. The number of pyridine rings is 2. The zero-order chi connectivity index (χ0) is 16.4. The average Bonchev–Trinajstić information content (AvgIpc) is 2.94. The third-order valence-electron chi connectivity index (χ3n) is 4.37. The lowest BCUT2D eigenvalue weighted by atomic mass is 10.1. The normalized spacial score (nSPS) is 12.0. The van der Waals surface area contributed by atoms with Crippen molar-refractivity contribution in [1.29, 1.82) is 0 Å². The lowest BCUT2D eigenvalue weighted by Crippen LogP contribution is -1.94. The minimum atomic E-state index is -0.895. The molecule has 3 aromatic heterocycles. The number of nitrogens with zero attached hydrogens (tertiary/aromatic N) is 3. The number of hydrogen-bond donors (Lipinski definition) is 0. The summed E-state index contributed by atoms with van der Waals surface area (Å²) in [6.07, 6.45) is 0. The van der Waals surface area contributed by atoms with Gasteiger partial charge < -0.3 is 0 Å². The molecule has 5 rings (SSSR count). The van der Waals surface area contributed by atoms with Crippen LogP contribution in [0.25, 0.3) is 38.5 Å². The molecule has 0 N–H and O–H groups in total. The van der Waals surface area contributed by atoms with Gasteiger partial charge in [-0.3, -0.25) is 9.38 Å². The van der Waals surface area contributed by atoms with Crippen LogP contribution in [0.15, 0.2) is 48.5 Å². The Morgan fingerprint density at radius 1 is 0.833 bits per heavy atom. The molecule has 3 heterocycles. The Hall–Kier alpha value is -3.08. The average molecular weight is 319 g/mol. The molecule has 0 amide bonds. The van der Waals surface area contributed by atoms with Crippen LogP contribution >= 0.6 is 0 Å². The van der Waals surface area contributed by atoms with E-state index in [9.17, 15) is 8.78 Å². The topological polar surface area (TPSA) is 30.2 Å². The molecule has 0 aliphatic heterocycles. The van der Waals surface area contributed by atoms with E-state index in [2.05, 4.69) is 9.97 Å². The Kier molecular flexibility index (Phi) is 2.49. The van der Waals surface area contributed by atoms with Gasteiger partial charge in [-0.25, -0.2) is 13.8 Å². The molecule has 0 spiro atoms. The molecule has 0 fully saturated rings. The molecule has 5 heteroatoms. The second kappa shape index (κ2) is 4.47.